The molecule has 1 aliphatic carbocycles. The topological polar surface area (TPSA) is 19.7 Å². The van der Waals surface area contributed by atoms with Crippen LogP contribution in [-0.4, -0.2) is 42.2 Å². The molecule has 0 amide bonds. The fourth-order valence-electron chi connectivity index (χ4n) is 4.09. The summed E-state index contributed by atoms with van der Waals surface area (Å²) in [5.74, 6) is 0. The molecule has 1 unspecified atom stereocenters. The lowest BCUT2D eigenvalue weighted by Gasteiger charge is -2.38. The van der Waals surface area contributed by atoms with E-state index >= 15 is 0 Å². The van der Waals surface area contributed by atoms with Gasteiger partial charge >= 0.3 is 0 Å². The molecule has 3 nitrogen and oxygen atoms in total. The van der Waals surface area contributed by atoms with Gasteiger partial charge in [0.25, 0.3) is 0 Å². The van der Waals surface area contributed by atoms with Crippen molar-refractivity contribution in [1.82, 2.24) is 4.90 Å². The molecule has 3 rings (SSSR count). The maximum absolute atomic E-state index is 5.61. The summed E-state index contributed by atoms with van der Waals surface area (Å²) in [5, 5.41) is 4.27. The molecule has 0 aromatic heterocycles. The third kappa shape index (κ3) is 4.24. The number of rotatable bonds is 3. The van der Waals surface area contributed by atoms with Crippen molar-refractivity contribution in [3.63, 3.8) is 0 Å². The molecular weight excluding hydrogens is 302 g/mol. The third-order valence-corrected chi connectivity index (χ3v) is 6.09. The highest BCUT2D eigenvalue weighted by Crippen LogP contribution is 2.18. The first kappa shape index (κ1) is 16.7. The van der Waals surface area contributed by atoms with Crippen molar-refractivity contribution in [3.05, 3.63) is 29.8 Å². The molecule has 1 saturated heterocycles. The molecule has 4 heteroatoms. The Morgan fingerprint density at radius 1 is 1.04 bits per heavy atom. The molecule has 1 saturated carbocycles. The van der Waals surface area contributed by atoms with Gasteiger partial charge in [0.05, 0.1) is 19.1 Å². The fourth-order valence-corrected chi connectivity index (χ4v) is 4.39. The van der Waals surface area contributed by atoms with Gasteiger partial charge in [0.2, 0.25) is 0 Å². The van der Waals surface area contributed by atoms with Gasteiger partial charge in [-0.3, -0.25) is 0 Å². The summed E-state index contributed by atoms with van der Waals surface area (Å²) in [6, 6.07) is 10.2. The second-order valence-corrected chi connectivity index (χ2v) is 7.67. The molecule has 1 atom stereocenters. The molecule has 1 aromatic rings. The molecule has 0 radical (unpaired) electrons. The van der Waals surface area contributed by atoms with E-state index in [1.54, 1.807) is 4.90 Å². The van der Waals surface area contributed by atoms with Gasteiger partial charge in [-0.25, -0.2) is 0 Å². The van der Waals surface area contributed by atoms with Crippen molar-refractivity contribution in [3.8, 4) is 0 Å². The lowest BCUT2D eigenvalue weighted by atomic mass is 10.0. The Kier molecular flexibility index (Phi) is 5.54. The second kappa shape index (κ2) is 7.63. The standard InChI is InChI=1S/C19H29N3S/c1-15-7-9-16(10-8-15)20-19(23)22-13-11-18(12-14-22)21(2)17-5-3-4-6-17/h7-10,17-18H,3-6,11-14H2,1-2H3,(H,20,23)/p+1. The third-order valence-electron chi connectivity index (χ3n) is 5.73. The fraction of sp³-hybridized carbons (Fsp3) is 0.632. The molecule has 1 aliphatic heterocycles. The number of anilines is 1. The average molecular weight is 333 g/mol. The summed E-state index contributed by atoms with van der Waals surface area (Å²) in [7, 11) is 2.42. The number of benzene rings is 1. The first-order chi connectivity index (χ1) is 11.1. The molecule has 23 heavy (non-hydrogen) atoms. The van der Waals surface area contributed by atoms with E-state index in [0.29, 0.717) is 0 Å². The van der Waals surface area contributed by atoms with E-state index in [4.69, 9.17) is 12.2 Å². The summed E-state index contributed by atoms with van der Waals surface area (Å²) >= 11 is 5.61. The zero-order valence-corrected chi connectivity index (χ0v) is 15.3. The monoisotopic (exact) mass is 332 g/mol. The number of likely N-dealkylation sites (tertiary alicyclic amines) is 1. The van der Waals surface area contributed by atoms with Crippen LogP contribution in [0.4, 0.5) is 5.69 Å². The Hall–Kier alpha value is -1.13. The number of piperidine rings is 1. The van der Waals surface area contributed by atoms with Crippen LogP contribution in [0, 0.1) is 6.92 Å². The first-order valence-electron chi connectivity index (χ1n) is 9.09. The van der Waals surface area contributed by atoms with Crippen molar-refractivity contribution < 1.29 is 4.90 Å². The number of quaternary nitrogens is 1. The number of hydrogen-bond donors (Lipinski definition) is 2. The summed E-state index contributed by atoms with van der Waals surface area (Å²) in [6.07, 6.45) is 8.26. The number of hydrogen-bond acceptors (Lipinski definition) is 1. The van der Waals surface area contributed by atoms with Crippen molar-refractivity contribution >= 4 is 23.0 Å². The lowest BCUT2D eigenvalue weighted by molar-refractivity contribution is -0.931. The maximum atomic E-state index is 5.61. The quantitative estimate of drug-likeness (QED) is 0.830. The van der Waals surface area contributed by atoms with Gasteiger partial charge < -0.3 is 15.1 Å². The predicted octanol–water partition coefficient (Wildman–Crippen LogP) is 2.61. The van der Waals surface area contributed by atoms with Crippen molar-refractivity contribution in [2.24, 2.45) is 0 Å². The molecule has 0 bridgehead atoms. The summed E-state index contributed by atoms with van der Waals surface area (Å²) < 4.78 is 0. The van der Waals surface area contributed by atoms with E-state index < -0.39 is 0 Å². The smallest absolute Gasteiger partial charge is 0.173 e. The van der Waals surface area contributed by atoms with E-state index in [0.717, 1.165) is 36.0 Å². The van der Waals surface area contributed by atoms with E-state index in [1.165, 1.54) is 44.1 Å². The minimum Gasteiger partial charge on any atom is -0.349 e. The minimum atomic E-state index is 0.816. The zero-order valence-electron chi connectivity index (χ0n) is 14.5. The van der Waals surface area contributed by atoms with Gasteiger partial charge in [0.1, 0.15) is 0 Å². The first-order valence-corrected chi connectivity index (χ1v) is 9.50. The number of thiocarbonyl (C=S) groups is 1. The molecule has 2 aliphatic rings. The highest BCUT2D eigenvalue weighted by Gasteiger charge is 2.32. The molecule has 0 spiro atoms. The van der Waals surface area contributed by atoms with Gasteiger partial charge in [-0.2, -0.15) is 0 Å². The van der Waals surface area contributed by atoms with Crippen LogP contribution in [0.5, 0.6) is 0 Å². The Bertz CT molecular complexity index is 514. The normalized spacial score (nSPS) is 21.4. The van der Waals surface area contributed by atoms with Crippen LogP contribution in [0.25, 0.3) is 0 Å². The van der Waals surface area contributed by atoms with Crippen LogP contribution < -0.4 is 10.2 Å². The van der Waals surface area contributed by atoms with Crippen LogP contribution in [0.15, 0.2) is 24.3 Å². The van der Waals surface area contributed by atoms with E-state index in [-0.39, 0.29) is 0 Å². The van der Waals surface area contributed by atoms with Gasteiger partial charge in [0, 0.05) is 31.6 Å². The Balaban J connectivity index is 1.48. The molecule has 1 heterocycles. The van der Waals surface area contributed by atoms with Crippen molar-refractivity contribution in [2.45, 2.75) is 57.5 Å². The number of nitrogens with one attached hydrogen (secondary N) is 2. The van der Waals surface area contributed by atoms with Crippen LogP contribution >= 0.6 is 12.2 Å². The Morgan fingerprint density at radius 3 is 2.22 bits per heavy atom. The largest absolute Gasteiger partial charge is 0.349 e. The maximum Gasteiger partial charge on any atom is 0.173 e. The molecule has 126 valence electrons. The lowest BCUT2D eigenvalue weighted by Crippen LogP contribution is -3.16. The number of aryl methyl sites for hydroxylation is 1. The van der Waals surface area contributed by atoms with Gasteiger partial charge in [-0.15, -0.1) is 0 Å². The minimum absolute atomic E-state index is 0.816. The SMILES string of the molecule is Cc1ccc(NC(=S)N2CCC([NH+](C)C3CCCC3)CC2)cc1. The van der Waals surface area contributed by atoms with E-state index in [2.05, 4.69) is 48.5 Å². The zero-order chi connectivity index (χ0) is 16.2. The second-order valence-electron chi connectivity index (χ2n) is 7.28. The average Bonchev–Trinajstić information content (AvgIpc) is 3.11. The van der Waals surface area contributed by atoms with Crippen LogP contribution in [0.2, 0.25) is 0 Å². The molecular formula is C19H30N3S+. The van der Waals surface area contributed by atoms with E-state index in [9.17, 15) is 0 Å². The Morgan fingerprint density at radius 2 is 1.61 bits per heavy atom. The predicted molar refractivity (Wildman–Crippen MR) is 101 cm³/mol. The number of nitrogens with zero attached hydrogens (tertiary/aromatic N) is 1. The van der Waals surface area contributed by atoms with Gasteiger partial charge in [-0.05, 0) is 57.0 Å². The summed E-state index contributed by atoms with van der Waals surface area (Å²) in [6.45, 7) is 4.29. The molecule has 2 fully saturated rings. The van der Waals surface area contributed by atoms with Crippen LogP contribution in [0.3, 0.4) is 0 Å². The van der Waals surface area contributed by atoms with Crippen LogP contribution in [-0.2, 0) is 0 Å². The van der Waals surface area contributed by atoms with E-state index in [1.807, 2.05) is 0 Å². The van der Waals surface area contributed by atoms with Gasteiger partial charge in [-0.1, -0.05) is 17.7 Å². The summed E-state index contributed by atoms with van der Waals surface area (Å²) in [4.78, 5) is 4.12. The highest BCUT2D eigenvalue weighted by atomic mass is 32.1. The van der Waals surface area contributed by atoms with Crippen LogP contribution in [0.1, 0.15) is 44.1 Å². The summed E-state index contributed by atoms with van der Waals surface area (Å²) in [5.41, 5.74) is 2.37. The Labute approximate surface area is 146 Å². The molecule has 1 aromatic carbocycles. The highest BCUT2D eigenvalue weighted by molar-refractivity contribution is 7.80. The molecule has 2 N–H and O–H groups in total. The van der Waals surface area contributed by atoms with Gasteiger partial charge in [0.15, 0.2) is 5.11 Å². The van der Waals surface area contributed by atoms with Crippen molar-refractivity contribution in [1.29, 1.82) is 0 Å². The van der Waals surface area contributed by atoms with Crippen molar-refractivity contribution in [2.75, 3.05) is 25.5 Å².